The Morgan fingerprint density at radius 2 is 2.17 bits per heavy atom. The first-order valence-electron chi connectivity index (χ1n) is 5.46. The van der Waals surface area contributed by atoms with E-state index in [-0.39, 0.29) is 0 Å². The molecule has 1 aliphatic carbocycles. The van der Waals surface area contributed by atoms with Crippen molar-refractivity contribution in [3.8, 4) is 5.75 Å². The van der Waals surface area contributed by atoms with Crippen molar-refractivity contribution in [1.29, 1.82) is 0 Å². The highest BCUT2D eigenvalue weighted by atomic mass is 19.4. The summed E-state index contributed by atoms with van der Waals surface area (Å²) in [5.41, 5.74) is 1.65. The van der Waals surface area contributed by atoms with Gasteiger partial charge in [0, 0.05) is 0 Å². The Morgan fingerprint density at radius 1 is 1.44 bits per heavy atom. The average Bonchev–Trinajstić information content (AvgIpc) is 2.70. The summed E-state index contributed by atoms with van der Waals surface area (Å²) < 4.78 is 41.6. The predicted octanol–water partition coefficient (Wildman–Crippen LogP) is 2.36. The number of benzene rings is 1. The van der Waals surface area contributed by atoms with Gasteiger partial charge < -0.3 is 10.1 Å². The molecule has 0 aromatic heterocycles. The number of rotatable bonds is 2. The molecule has 0 saturated carbocycles. The maximum absolute atomic E-state index is 12.2. The molecule has 1 N–H and O–H groups in total. The lowest BCUT2D eigenvalue weighted by Crippen LogP contribution is -2.38. The van der Waals surface area contributed by atoms with Crippen LogP contribution in [-0.2, 0) is 11.2 Å². The second-order valence-corrected chi connectivity index (χ2v) is 4.13. The van der Waals surface area contributed by atoms with Crippen LogP contribution in [0, 0.1) is 0 Å². The smallest absolute Gasteiger partial charge is 0.471 e. The van der Waals surface area contributed by atoms with Gasteiger partial charge in [0.05, 0.1) is 13.2 Å². The van der Waals surface area contributed by atoms with Crippen molar-refractivity contribution in [3.63, 3.8) is 0 Å². The van der Waals surface area contributed by atoms with Gasteiger partial charge in [0.2, 0.25) is 0 Å². The summed E-state index contributed by atoms with van der Waals surface area (Å²) in [4.78, 5) is 10.9. The van der Waals surface area contributed by atoms with Crippen LogP contribution in [0.5, 0.6) is 5.75 Å². The number of nitrogens with one attached hydrogen (secondary N) is 1. The molecule has 1 aromatic carbocycles. The average molecular weight is 259 g/mol. The highest BCUT2D eigenvalue weighted by Crippen LogP contribution is 2.34. The molecule has 0 saturated heterocycles. The zero-order valence-electron chi connectivity index (χ0n) is 9.67. The Labute approximate surface area is 102 Å². The van der Waals surface area contributed by atoms with E-state index in [1.165, 1.54) is 7.11 Å². The first kappa shape index (κ1) is 12.7. The van der Waals surface area contributed by atoms with Gasteiger partial charge in [-0.3, -0.25) is 4.79 Å². The van der Waals surface area contributed by atoms with Crippen LogP contribution in [-0.4, -0.2) is 19.2 Å². The number of hydrogen-bond acceptors (Lipinski definition) is 2. The number of carbonyl (C=O) groups is 1. The van der Waals surface area contributed by atoms with Crippen LogP contribution >= 0.6 is 0 Å². The summed E-state index contributed by atoms with van der Waals surface area (Å²) in [7, 11) is 1.49. The highest BCUT2D eigenvalue weighted by molar-refractivity contribution is 5.82. The normalized spacial score (nSPS) is 18.3. The Hall–Kier alpha value is -1.72. The first-order valence-corrected chi connectivity index (χ1v) is 5.46. The molecule has 0 radical (unpaired) electrons. The standard InChI is InChI=1S/C12H12F3NO2/c1-18-8-4-2-7-3-5-10(9(7)6-8)16-11(17)12(13,14)15/h2,4,6,10H,3,5H2,1H3,(H,16,17)/t10-/m0/s1. The quantitative estimate of drug-likeness (QED) is 0.885. The van der Waals surface area contributed by atoms with Crippen LogP contribution in [0.3, 0.4) is 0 Å². The van der Waals surface area contributed by atoms with E-state index in [1.807, 2.05) is 11.4 Å². The fraction of sp³-hybridized carbons (Fsp3) is 0.417. The van der Waals surface area contributed by atoms with Crippen molar-refractivity contribution in [2.45, 2.75) is 25.1 Å². The maximum atomic E-state index is 12.2. The fourth-order valence-electron chi connectivity index (χ4n) is 2.10. The molecule has 3 nitrogen and oxygen atoms in total. The minimum absolute atomic E-state index is 0.477. The maximum Gasteiger partial charge on any atom is 0.471 e. The number of carbonyl (C=O) groups excluding carboxylic acids is 1. The van der Waals surface area contributed by atoms with E-state index < -0.39 is 18.1 Å². The van der Waals surface area contributed by atoms with Crippen LogP contribution in [0.25, 0.3) is 0 Å². The molecule has 1 amide bonds. The third kappa shape index (κ3) is 2.42. The molecule has 1 atom stereocenters. The summed E-state index contributed by atoms with van der Waals surface area (Å²) in [6.45, 7) is 0. The van der Waals surface area contributed by atoms with E-state index in [9.17, 15) is 18.0 Å². The number of alkyl halides is 3. The van der Waals surface area contributed by atoms with Crippen LogP contribution < -0.4 is 10.1 Å². The van der Waals surface area contributed by atoms with E-state index in [1.54, 1.807) is 12.1 Å². The SMILES string of the molecule is COc1ccc2c(c1)[C@@H](NC(=O)C(F)(F)F)CC2. The topological polar surface area (TPSA) is 38.3 Å². The number of fused-ring (bicyclic) bond motifs is 1. The van der Waals surface area contributed by atoms with Gasteiger partial charge >= 0.3 is 12.1 Å². The van der Waals surface area contributed by atoms with Crippen LogP contribution in [0.15, 0.2) is 18.2 Å². The third-order valence-corrected chi connectivity index (χ3v) is 2.99. The number of ether oxygens (including phenoxy) is 1. The number of hydrogen-bond donors (Lipinski definition) is 1. The van der Waals surface area contributed by atoms with Gasteiger partial charge in [0.1, 0.15) is 5.75 Å². The Morgan fingerprint density at radius 3 is 2.78 bits per heavy atom. The van der Waals surface area contributed by atoms with Gasteiger partial charge in [0.25, 0.3) is 0 Å². The van der Waals surface area contributed by atoms with Crippen molar-refractivity contribution in [3.05, 3.63) is 29.3 Å². The van der Waals surface area contributed by atoms with E-state index in [2.05, 4.69) is 0 Å². The molecule has 0 spiro atoms. The molecule has 0 bridgehead atoms. The minimum atomic E-state index is -4.85. The Bertz CT molecular complexity index is 471. The molecule has 0 fully saturated rings. The van der Waals surface area contributed by atoms with E-state index >= 15 is 0 Å². The van der Waals surface area contributed by atoms with Gasteiger partial charge in [-0.1, -0.05) is 6.07 Å². The van der Waals surface area contributed by atoms with Gasteiger partial charge in [0.15, 0.2) is 0 Å². The second-order valence-electron chi connectivity index (χ2n) is 4.13. The zero-order chi connectivity index (χ0) is 13.3. The monoisotopic (exact) mass is 259 g/mol. The van der Waals surface area contributed by atoms with E-state index in [4.69, 9.17) is 4.74 Å². The fourth-order valence-corrected chi connectivity index (χ4v) is 2.10. The zero-order valence-corrected chi connectivity index (χ0v) is 9.67. The van der Waals surface area contributed by atoms with Gasteiger partial charge in [-0.2, -0.15) is 13.2 Å². The number of amides is 1. The van der Waals surface area contributed by atoms with Crippen molar-refractivity contribution < 1.29 is 22.7 Å². The summed E-state index contributed by atoms with van der Waals surface area (Å²) in [5.74, 6) is -1.33. The van der Waals surface area contributed by atoms with E-state index in [0.29, 0.717) is 24.2 Å². The molecular weight excluding hydrogens is 247 g/mol. The lowest BCUT2D eigenvalue weighted by atomic mass is 10.1. The van der Waals surface area contributed by atoms with Gasteiger partial charge in [-0.15, -0.1) is 0 Å². The van der Waals surface area contributed by atoms with Crippen LogP contribution in [0.1, 0.15) is 23.6 Å². The predicted molar refractivity (Wildman–Crippen MR) is 58.3 cm³/mol. The van der Waals surface area contributed by atoms with Crippen molar-refractivity contribution in [1.82, 2.24) is 5.32 Å². The van der Waals surface area contributed by atoms with Crippen molar-refractivity contribution >= 4 is 5.91 Å². The lowest BCUT2D eigenvalue weighted by molar-refractivity contribution is -0.174. The molecule has 1 aliphatic rings. The van der Waals surface area contributed by atoms with Crippen LogP contribution in [0.4, 0.5) is 13.2 Å². The molecular formula is C12H12F3NO2. The molecule has 18 heavy (non-hydrogen) atoms. The summed E-state index contributed by atoms with van der Waals surface area (Å²) in [6.07, 6.45) is -3.71. The Kier molecular flexibility index (Phi) is 3.19. The second kappa shape index (κ2) is 4.51. The number of halogens is 3. The number of aryl methyl sites for hydroxylation is 1. The van der Waals surface area contributed by atoms with Crippen molar-refractivity contribution in [2.75, 3.05) is 7.11 Å². The number of methoxy groups -OCH3 is 1. The summed E-state index contributed by atoms with van der Waals surface area (Å²) in [5, 5.41) is 2.01. The summed E-state index contributed by atoms with van der Waals surface area (Å²) >= 11 is 0. The first-order chi connectivity index (χ1) is 8.41. The third-order valence-electron chi connectivity index (χ3n) is 2.99. The largest absolute Gasteiger partial charge is 0.497 e. The van der Waals surface area contributed by atoms with E-state index in [0.717, 1.165) is 5.56 Å². The Balaban J connectivity index is 2.18. The molecule has 98 valence electrons. The molecule has 1 aromatic rings. The van der Waals surface area contributed by atoms with Crippen molar-refractivity contribution in [2.24, 2.45) is 0 Å². The summed E-state index contributed by atoms with van der Waals surface area (Å²) in [6, 6.07) is 4.65. The van der Waals surface area contributed by atoms with Gasteiger partial charge in [-0.25, -0.2) is 0 Å². The minimum Gasteiger partial charge on any atom is -0.497 e. The molecule has 0 aliphatic heterocycles. The van der Waals surface area contributed by atoms with Gasteiger partial charge in [-0.05, 0) is 36.1 Å². The molecule has 2 rings (SSSR count). The molecule has 0 unspecified atom stereocenters. The molecule has 0 heterocycles. The highest BCUT2D eigenvalue weighted by Gasteiger charge is 2.40. The molecule has 6 heteroatoms. The van der Waals surface area contributed by atoms with Crippen LogP contribution in [0.2, 0.25) is 0 Å². The lowest BCUT2D eigenvalue weighted by Gasteiger charge is -2.16.